The van der Waals surface area contributed by atoms with Crippen molar-refractivity contribution in [2.75, 3.05) is 13.7 Å². The molecule has 1 heterocycles. The highest BCUT2D eigenvalue weighted by molar-refractivity contribution is 5.92. The van der Waals surface area contributed by atoms with Gasteiger partial charge in [-0.2, -0.15) is 0 Å². The van der Waals surface area contributed by atoms with Crippen molar-refractivity contribution in [3.05, 3.63) is 35.7 Å². The molecule has 0 aromatic heterocycles. The number of benzene rings is 1. The first-order valence-corrected chi connectivity index (χ1v) is 7.60. The van der Waals surface area contributed by atoms with Gasteiger partial charge in [-0.25, -0.2) is 4.39 Å². The SMILES string of the molecule is COc1ccc(C=CC(=O)N2CCCCC2C(C)N)cc1F. The van der Waals surface area contributed by atoms with Gasteiger partial charge in [-0.15, -0.1) is 0 Å². The lowest BCUT2D eigenvalue weighted by Gasteiger charge is -2.37. The van der Waals surface area contributed by atoms with E-state index in [1.807, 2.05) is 11.8 Å². The van der Waals surface area contributed by atoms with Crippen LogP contribution in [0.2, 0.25) is 0 Å². The monoisotopic (exact) mass is 306 g/mol. The number of amides is 1. The number of ether oxygens (including phenoxy) is 1. The van der Waals surface area contributed by atoms with Crippen LogP contribution in [0.3, 0.4) is 0 Å². The Labute approximate surface area is 130 Å². The fraction of sp³-hybridized carbons (Fsp3) is 0.471. The lowest BCUT2D eigenvalue weighted by atomic mass is 9.97. The van der Waals surface area contributed by atoms with Crippen LogP contribution in [0.5, 0.6) is 5.75 Å². The van der Waals surface area contributed by atoms with E-state index in [1.54, 1.807) is 18.2 Å². The first-order chi connectivity index (χ1) is 10.5. The summed E-state index contributed by atoms with van der Waals surface area (Å²) < 4.78 is 18.5. The third-order valence-electron chi connectivity index (χ3n) is 4.03. The Kier molecular flexibility index (Phi) is 5.55. The molecule has 0 bridgehead atoms. The van der Waals surface area contributed by atoms with E-state index in [1.165, 1.54) is 19.3 Å². The molecular formula is C17H23FN2O2. The number of carbonyl (C=O) groups is 1. The predicted molar refractivity (Wildman–Crippen MR) is 85.0 cm³/mol. The summed E-state index contributed by atoms with van der Waals surface area (Å²) in [5.41, 5.74) is 6.60. The summed E-state index contributed by atoms with van der Waals surface area (Å²) in [5, 5.41) is 0. The van der Waals surface area contributed by atoms with Crippen LogP contribution in [0.4, 0.5) is 4.39 Å². The molecule has 2 N–H and O–H groups in total. The predicted octanol–water partition coefficient (Wildman–Crippen LogP) is 2.58. The molecule has 2 unspecified atom stereocenters. The first kappa shape index (κ1) is 16.5. The second-order valence-corrected chi connectivity index (χ2v) is 5.68. The van der Waals surface area contributed by atoms with Gasteiger partial charge in [0.05, 0.1) is 7.11 Å². The zero-order chi connectivity index (χ0) is 16.1. The summed E-state index contributed by atoms with van der Waals surface area (Å²) in [4.78, 5) is 14.2. The molecule has 0 radical (unpaired) electrons. The number of methoxy groups -OCH3 is 1. The second-order valence-electron chi connectivity index (χ2n) is 5.68. The number of nitrogens with two attached hydrogens (primary N) is 1. The molecule has 0 spiro atoms. The van der Waals surface area contributed by atoms with E-state index in [2.05, 4.69) is 0 Å². The smallest absolute Gasteiger partial charge is 0.246 e. The minimum Gasteiger partial charge on any atom is -0.494 e. The third kappa shape index (κ3) is 3.85. The molecule has 1 aromatic rings. The number of hydrogen-bond acceptors (Lipinski definition) is 3. The van der Waals surface area contributed by atoms with Crippen LogP contribution >= 0.6 is 0 Å². The number of piperidine rings is 1. The molecule has 5 heteroatoms. The van der Waals surface area contributed by atoms with Crippen LogP contribution in [-0.2, 0) is 4.79 Å². The maximum Gasteiger partial charge on any atom is 0.246 e. The Balaban J connectivity index is 2.08. The molecule has 2 atom stereocenters. The zero-order valence-corrected chi connectivity index (χ0v) is 13.1. The van der Waals surface area contributed by atoms with E-state index < -0.39 is 5.82 Å². The average Bonchev–Trinajstić information content (AvgIpc) is 2.52. The summed E-state index contributed by atoms with van der Waals surface area (Å²) in [6.07, 6.45) is 6.15. The molecule has 1 aromatic carbocycles. The molecule has 4 nitrogen and oxygen atoms in total. The van der Waals surface area contributed by atoms with Crippen molar-refractivity contribution in [2.24, 2.45) is 5.73 Å². The molecule has 1 aliphatic rings. The van der Waals surface area contributed by atoms with E-state index in [9.17, 15) is 9.18 Å². The van der Waals surface area contributed by atoms with Crippen molar-refractivity contribution in [1.29, 1.82) is 0 Å². The van der Waals surface area contributed by atoms with Crippen molar-refractivity contribution in [3.63, 3.8) is 0 Å². The minimum atomic E-state index is -0.441. The Hall–Kier alpha value is -1.88. The number of hydrogen-bond donors (Lipinski definition) is 1. The number of halogens is 1. The van der Waals surface area contributed by atoms with E-state index in [-0.39, 0.29) is 23.7 Å². The van der Waals surface area contributed by atoms with Crippen molar-refractivity contribution in [1.82, 2.24) is 4.90 Å². The van der Waals surface area contributed by atoms with Gasteiger partial charge in [0.2, 0.25) is 5.91 Å². The molecular weight excluding hydrogens is 283 g/mol. The van der Waals surface area contributed by atoms with Gasteiger partial charge in [0.15, 0.2) is 11.6 Å². The Morgan fingerprint density at radius 3 is 2.91 bits per heavy atom. The Morgan fingerprint density at radius 2 is 2.27 bits per heavy atom. The zero-order valence-electron chi connectivity index (χ0n) is 13.1. The summed E-state index contributed by atoms with van der Waals surface area (Å²) >= 11 is 0. The average molecular weight is 306 g/mol. The maximum absolute atomic E-state index is 13.6. The highest BCUT2D eigenvalue weighted by atomic mass is 19.1. The number of likely N-dealkylation sites (tertiary alicyclic amines) is 1. The van der Waals surface area contributed by atoms with Crippen LogP contribution in [0.1, 0.15) is 31.7 Å². The molecule has 0 saturated carbocycles. The summed E-state index contributed by atoms with van der Waals surface area (Å²) in [7, 11) is 1.42. The number of nitrogens with zero attached hydrogens (tertiary/aromatic N) is 1. The van der Waals surface area contributed by atoms with Gasteiger partial charge < -0.3 is 15.4 Å². The van der Waals surface area contributed by atoms with Crippen LogP contribution < -0.4 is 10.5 Å². The number of rotatable bonds is 4. The van der Waals surface area contributed by atoms with Gasteiger partial charge >= 0.3 is 0 Å². The standard InChI is InChI=1S/C17H23FN2O2/c1-12(19)15-5-3-4-10-20(15)17(21)9-7-13-6-8-16(22-2)14(18)11-13/h6-9,11-12,15H,3-5,10,19H2,1-2H3. The highest BCUT2D eigenvalue weighted by Crippen LogP contribution is 2.21. The topological polar surface area (TPSA) is 55.6 Å². The van der Waals surface area contributed by atoms with Gasteiger partial charge in [0, 0.05) is 24.7 Å². The lowest BCUT2D eigenvalue weighted by Crippen LogP contribution is -2.51. The Bertz CT molecular complexity index is 558. The highest BCUT2D eigenvalue weighted by Gasteiger charge is 2.27. The molecule has 1 fully saturated rings. The van der Waals surface area contributed by atoms with E-state index in [0.29, 0.717) is 5.56 Å². The van der Waals surface area contributed by atoms with Gasteiger partial charge in [-0.1, -0.05) is 6.07 Å². The molecule has 1 aliphatic heterocycles. The van der Waals surface area contributed by atoms with Crippen LogP contribution in [0.25, 0.3) is 6.08 Å². The fourth-order valence-corrected chi connectivity index (χ4v) is 2.83. The van der Waals surface area contributed by atoms with Crippen LogP contribution in [-0.4, -0.2) is 36.5 Å². The van der Waals surface area contributed by atoms with E-state index >= 15 is 0 Å². The van der Waals surface area contributed by atoms with E-state index in [4.69, 9.17) is 10.5 Å². The molecule has 1 amide bonds. The van der Waals surface area contributed by atoms with Gasteiger partial charge in [-0.05, 0) is 50.0 Å². The number of carbonyl (C=O) groups excluding carboxylic acids is 1. The normalized spacial score (nSPS) is 20.2. The maximum atomic E-state index is 13.6. The fourth-order valence-electron chi connectivity index (χ4n) is 2.83. The van der Waals surface area contributed by atoms with Crippen molar-refractivity contribution >= 4 is 12.0 Å². The molecule has 1 saturated heterocycles. The molecule has 120 valence electrons. The minimum absolute atomic E-state index is 0.0453. The van der Waals surface area contributed by atoms with Crippen molar-refractivity contribution in [3.8, 4) is 5.75 Å². The molecule has 22 heavy (non-hydrogen) atoms. The van der Waals surface area contributed by atoms with Gasteiger partial charge in [-0.3, -0.25) is 4.79 Å². The Morgan fingerprint density at radius 1 is 1.50 bits per heavy atom. The first-order valence-electron chi connectivity index (χ1n) is 7.60. The second kappa shape index (κ2) is 7.40. The quantitative estimate of drug-likeness (QED) is 0.870. The third-order valence-corrected chi connectivity index (χ3v) is 4.03. The van der Waals surface area contributed by atoms with E-state index in [0.717, 1.165) is 25.8 Å². The largest absolute Gasteiger partial charge is 0.494 e. The molecule has 2 rings (SSSR count). The van der Waals surface area contributed by atoms with Gasteiger partial charge in [0.25, 0.3) is 0 Å². The van der Waals surface area contributed by atoms with Crippen molar-refractivity contribution < 1.29 is 13.9 Å². The lowest BCUT2D eigenvalue weighted by molar-refractivity contribution is -0.129. The van der Waals surface area contributed by atoms with Crippen LogP contribution in [0.15, 0.2) is 24.3 Å². The summed E-state index contributed by atoms with van der Waals surface area (Å²) in [5.74, 6) is -0.321. The molecule has 0 aliphatic carbocycles. The summed E-state index contributed by atoms with van der Waals surface area (Å²) in [6, 6.07) is 4.65. The van der Waals surface area contributed by atoms with Crippen molar-refractivity contribution in [2.45, 2.75) is 38.3 Å². The summed E-state index contributed by atoms with van der Waals surface area (Å²) in [6.45, 7) is 2.66. The van der Waals surface area contributed by atoms with Crippen LogP contribution in [0, 0.1) is 5.82 Å². The van der Waals surface area contributed by atoms with Gasteiger partial charge in [0.1, 0.15) is 0 Å².